The Morgan fingerprint density at radius 1 is 0.967 bits per heavy atom. The first kappa shape index (κ1) is 42.0. The lowest BCUT2D eigenvalue weighted by atomic mass is 9.72. The predicted octanol–water partition coefficient (Wildman–Crippen LogP) is 8.86. The van der Waals surface area contributed by atoms with Crippen molar-refractivity contribution in [2.24, 2.45) is 5.41 Å². The van der Waals surface area contributed by atoms with Crippen molar-refractivity contribution in [2.75, 3.05) is 57.4 Å². The highest BCUT2D eigenvalue weighted by Crippen LogP contribution is 2.43. The van der Waals surface area contributed by atoms with Crippen LogP contribution in [0.25, 0.3) is 16.5 Å². The Morgan fingerprint density at radius 3 is 2.48 bits per heavy atom. The van der Waals surface area contributed by atoms with Gasteiger partial charge in [-0.3, -0.25) is 14.8 Å². The molecule has 8 rings (SSSR count). The number of fused-ring (bicyclic) bond motifs is 1. The fourth-order valence-corrected chi connectivity index (χ4v) is 9.35. The molecule has 3 aliphatic rings. The summed E-state index contributed by atoms with van der Waals surface area (Å²) in [5.41, 5.74) is 4.29. The Bertz CT molecular complexity index is 2520. The minimum absolute atomic E-state index is 0.00735. The number of rotatable bonds is 12. The van der Waals surface area contributed by atoms with E-state index in [0.29, 0.717) is 11.1 Å². The van der Waals surface area contributed by atoms with E-state index in [2.05, 4.69) is 55.7 Å². The Morgan fingerprint density at radius 2 is 1.73 bits per heavy atom. The summed E-state index contributed by atoms with van der Waals surface area (Å²) in [6, 6.07) is 19.8. The summed E-state index contributed by atoms with van der Waals surface area (Å²) >= 11 is 12.6. The zero-order chi connectivity index (χ0) is 42.1. The number of benzene rings is 3. The molecular weight excluding hydrogens is 830 g/mol. The summed E-state index contributed by atoms with van der Waals surface area (Å²) in [7, 11) is -4.48. The fourth-order valence-electron chi connectivity index (χ4n) is 8.00. The van der Waals surface area contributed by atoms with Gasteiger partial charge in [0.25, 0.3) is 15.9 Å². The number of allylic oxidation sites excluding steroid dienone is 1. The van der Waals surface area contributed by atoms with Gasteiger partial charge in [-0.1, -0.05) is 60.8 Å². The van der Waals surface area contributed by atoms with Crippen LogP contribution in [-0.2, 0) is 14.8 Å². The van der Waals surface area contributed by atoms with Gasteiger partial charge in [0, 0.05) is 75.6 Å². The van der Waals surface area contributed by atoms with E-state index in [1.165, 1.54) is 16.7 Å². The van der Waals surface area contributed by atoms with Crippen LogP contribution in [0.4, 0.5) is 10.1 Å². The van der Waals surface area contributed by atoms with Crippen LogP contribution < -0.4 is 19.1 Å². The SMILES string of the molecule is CC1(C)CCC(CN2CCN(c3ccc(C(=O)NS(=O)(=O)c4cnc(OCC5(F)CCOCC5)c(Cl)c4)c(Oc4cccc5[nH]ncc45)c3)CC2)=C(c2ccc(Cl)cc2)C1. The number of H-pyrrole nitrogens is 1. The second kappa shape index (κ2) is 17.3. The van der Waals surface area contributed by atoms with Gasteiger partial charge in [-0.25, -0.2) is 22.5 Å². The smallest absolute Gasteiger partial charge is 0.268 e. The van der Waals surface area contributed by atoms with Crippen LogP contribution in [0.3, 0.4) is 0 Å². The van der Waals surface area contributed by atoms with E-state index in [9.17, 15) is 13.2 Å². The van der Waals surface area contributed by atoms with E-state index in [4.69, 9.17) is 37.4 Å². The van der Waals surface area contributed by atoms with Gasteiger partial charge in [0.1, 0.15) is 33.7 Å². The molecule has 2 aliphatic heterocycles. The van der Waals surface area contributed by atoms with Crippen LogP contribution in [0.15, 0.2) is 89.6 Å². The minimum Gasteiger partial charge on any atom is -0.473 e. The molecule has 2 aromatic heterocycles. The number of pyridine rings is 1. The molecule has 1 aliphatic carbocycles. The van der Waals surface area contributed by atoms with E-state index in [1.807, 2.05) is 18.2 Å². The molecule has 3 aromatic carbocycles. The number of nitrogens with one attached hydrogen (secondary N) is 2. The van der Waals surface area contributed by atoms with Gasteiger partial charge in [-0.05, 0) is 78.3 Å². The largest absolute Gasteiger partial charge is 0.473 e. The Balaban J connectivity index is 0.994. The second-order valence-electron chi connectivity index (χ2n) is 16.5. The molecule has 5 aromatic rings. The van der Waals surface area contributed by atoms with Crippen LogP contribution in [0.2, 0.25) is 10.0 Å². The Hall–Kier alpha value is -4.73. The number of halogens is 3. The van der Waals surface area contributed by atoms with E-state index in [0.717, 1.165) is 80.5 Å². The lowest BCUT2D eigenvalue weighted by Gasteiger charge is -2.39. The van der Waals surface area contributed by atoms with Crippen molar-refractivity contribution in [3.8, 4) is 17.4 Å². The molecule has 0 unspecified atom stereocenters. The molecule has 2 N–H and O–H groups in total. The maximum absolute atomic E-state index is 15.1. The van der Waals surface area contributed by atoms with Gasteiger partial charge >= 0.3 is 0 Å². The number of hydrogen-bond donors (Lipinski definition) is 2. The van der Waals surface area contributed by atoms with Crippen molar-refractivity contribution in [1.29, 1.82) is 0 Å². The molecule has 4 heterocycles. The van der Waals surface area contributed by atoms with Gasteiger partial charge in [-0.15, -0.1) is 0 Å². The first-order valence-corrected chi connectivity index (χ1v) is 22.3. The quantitative estimate of drug-likeness (QED) is 0.125. The minimum atomic E-state index is -4.48. The topological polar surface area (TPSA) is 139 Å². The summed E-state index contributed by atoms with van der Waals surface area (Å²) in [6.45, 7) is 8.93. The molecule has 16 heteroatoms. The average molecular weight is 878 g/mol. The van der Waals surface area contributed by atoms with E-state index >= 15 is 4.39 Å². The summed E-state index contributed by atoms with van der Waals surface area (Å²) in [5.74, 6) is -0.449. The third-order valence-electron chi connectivity index (χ3n) is 11.6. The first-order valence-electron chi connectivity index (χ1n) is 20.0. The number of nitrogens with zero attached hydrogens (tertiary/aromatic N) is 4. The first-order chi connectivity index (χ1) is 28.7. The molecule has 60 heavy (non-hydrogen) atoms. The number of ether oxygens (including phenoxy) is 3. The van der Waals surface area contributed by atoms with Crippen molar-refractivity contribution in [3.63, 3.8) is 0 Å². The molecule has 0 spiro atoms. The van der Waals surface area contributed by atoms with Crippen LogP contribution in [-0.4, -0.2) is 92.6 Å². The maximum Gasteiger partial charge on any atom is 0.268 e. The van der Waals surface area contributed by atoms with Crippen molar-refractivity contribution in [3.05, 3.63) is 106 Å². The van der Waals surface area contributed by atoms with Crippen LogP contribution in [0.1, 0.15) is 61.9 Å². The van der Waals surface area contributed by atoms with Gasteiger partial charge in [0.05, 0.1) is 28.9 Å². The summed E-state index contributed by atoms with van der Waals surface area (Å²) in [5, 5.41) is 8.32. The van der Waals surface area contributed by atoms with E-state index < -0.39 is 21.6 Å². The monoisotopic (exact) mass is 876 g/mol. The van der Waals surface area contributed by atoms with Gasteiger partial charge < -0.3 is 19.1 Å². The van der Waals surface area contributed by atoms with Gasteiger partial charge in [0.2, 0.25) is 5.88 Å². The average Bonchev–Trinajstić information content (AvgIpc) is 3.72. The Labute approximate surface area is 359 Å². The van der Waals surface area contributed by atoms with E-state index in [-0.39, 0.29) is 65.2 Å². The summed E-state index contributed by atoms with van der Waals surface area (Å²) in [4.78, 5) is 22.3. The number of hydrogen-bond acceptors (Lipinski definition) is 10. The summed E-state index contributed by atoms with van der Waals surface area (Å²) in [6.07, 6.45) is 6.17. The lowest BCUT2D eigenvalue weighted by molar-refractivity contribution is -0.0331. The van der Waals surface area contributed by atoms with Crippen LogP contribution in [0.5, 0.6) is 17.4 Å². The zero-order valence-corrected chi connectivity index (χ0v) is 35.8. The third kappa shape index (κ3) is 9.58. The van der Waals surface area contributed by atoms with Gasteiger partial charge in [-0.2, -0.15) is 5.10 Å². The van der Waals surface area contributed by atoms with Crippen molar-refractivity contribution in [1.82, 2.24) is 24.8 Å². The molecule has 0 saturated carbocycles. The number of carbonyl (C=O) groups is 1. The molecule has 2 saturated heterocycles. The second-order valence-corrected chi connectivity index (χ2v) is 19.0. The summed E-state index contributed by atoms with van der Waals surface area (Å²) < 4.78 is 61.5. The molecule has 0 bridgehead atoms. The van der Waals surface area contributed by atoms with Crippen LogP contribution >= 0.6 is 23.2 Å². The Kier molecular flexibility index (Phi) is 12.1. The molecule has 2 fully saturated rings. The number of piperazine rings is 1. The van der Waals surface area contributed by atoms with Crippen LogP contribution in [0, 0.1) is 5.41 Å². The number of alkyl halides is 1. The number of aromatic amines is 1. The number of amides is 1. The number of sulfonamides is 1. The highest BCUT2D eigenvalue weighted by atomic mass is 35.5. The highest BCUT2D eigenvalue weighted by molar-refractivity contribution is 7.90. The molecule has 0 atom stereocenters. The number of carbonyl (C=O) groups excluding carboxylic acids is 1. The predicted molar refractivity (Wildman–Crippen MR) is 231 cm³/mol. The molecule has 316 valence electrons. The molecule has 1 amide bonds. The highest BCUT2D eigenvalue weighted by Gasteiger charge is 2.34. The van der Waals surface area contributed by atoms with Crippen molar-refractivity contribution >= 4 is 61.3 Å². The maximum atomic E-state index is 15.1. The van der Waals surface area contributed by atoms with Crippen molar-refractivity contribution in [2.45, 2.75) is 56.5 Å². The van der Waals surface area contributed by atoms with Gasteiger partial charge in [0.15, 0.2) is 0 Å². The van der Waals surface area contributed by atoms with E-state index in [1.54, 1.807) is 36.5 Å². The normalized spacial score (nSPS) is 18.4. The molecular formula is C44H47Cl2FN6O6S. The third-order valence-corrected chi connectivity index (χ3v) is 13.4. The standard InChI is InChI=1S/C44H47Cl2FN6O6S/c1-43(2)13-12-30(35(24-43)29-6-8-31(45)9-7-29)27-52-16-18-53(19-17-52)32-10-11-34(40(22-32)59-39-5-3-4-38-36(39)26-49-50-38)41(54)51-60(55,56)33-23-37(46)42(48-25-33)58-28-44(47)14-20-57-21-15-44/h3-11,22-23,25-26H,12-21,24,27-28H2,1-2H3,(H,49,50)(H,51,54). The molecule has 0 radical (unpaired) electrons. The number of anilines is 1. The molecule has 12 nitrogen and oxygen atoms in total. The van der Waals surface area contributed by atoms with Crippen molar-refractivity contribution < 1.29 is 31.8 Å². The zero-order valence-electron chi connectivity index (χ0n) is 33.5. The lowest BCUT2D eigenvalue weighted by Crippen LogP contribution is -2.47. The number of aromatic nitrogens is 3. The fraction of sp³-hybridized carbons (Fsp3) is 0.386.